The smallest absolute Gasteiger partial charge is 0.263 e. The monoisotopic (exact) mass is 439 g/mol. The van der Waals surface area contributed by atoms with Gasteiger partial charge in [-0.25, -0.2) is 8.42 Å². The maximum Gasteiger partial charge on any atom is 0.263 e. The molecular weight excluding hydrogens is 425 g/mol. The summed E-state index contributed by atoms with van der Waals surface area (Å²) in [6.07, 6.45) is 1.60. The van der Waals surface area contributed by atoms with Crippen molar-refractivity contribution in [1.29, 1.82) is 0 Å². The van der Waals surface area contributed by atoms with Gasteiger partial charge in [-0.2, -0.15) is 0 Å². The summed E-state index contributed by atoms with van der Waals surface area (Å²) < 4.78 is 30.0. The first-order valence-corrected chi connectivity index (χ1v) is 9.05. The lowest BCUT2D eigenvalue weighted by atomic mass is 10.3. The Bertz CT molecular complexity index is 759. The van der Waals surface area contributed by atoms with E-state index in [0.29, 0.717) is 17.3 Å². The van der Waals surface area contributed by atoms with Crippen LogP contribution >= 0.6 is 34.2 Å². The standard InChI is InChI=1S/C13H15ClIN3O2S/c1-16-7-10-6-11(8-18(10)2)21(19,20)17-13-4-3-9(14)5-12(13)15/h3-6,8,16-17H,7H2,1-2H3. The van der Waals surface area contributed by atoms with E-state index in [1.165, 1.54) is 0 Å². The molecule has 2 N–H and O–H groups in total. The summed E-state index contributed by atoms with van der Waals surface area (Å²) in [7, 11) is 0.0170. The maximum absolute atomic E-state index is 12.4. The molecule has 21 heavy (non-hydrogen) atoms. The number of hydrogen-bond donors (Lipinski definition) is 2. The van der Waals surface area contributed by atoms with E-state index in [1.807, 2.05) is 36.7 Å². The van der Waals surface area contributed by atoms with Gasteiger partial charge in [-0.05, 0) is 53.9 Å². The number of sulfonamides is 1. The van der Waals surface area contributed by atoms with Crippen LogP contribution in [0.4, 0.5) is 5.69 Å². The number of nitrogens with zero attached hydrogens (tertiary/aromatic N) is 1. The van der Waals surface area contributed by atoms with E-state index in [2.05, 4.69) is 10.0 Å². The van der Waals surface area contributed by atoms with Crippen LogP contribution in [0.25, 0.3) is 0 Å². The summed E-state index contributed by atoms with van der Waals surface area (Å²) in [6.45, 7) is 0.602. The van der Waals surface area contributed by atoms with Gasteiger partial charge >= 0.3 is 0 Å². The van der Waals surface area contributed by atoms with Crippen LogP contribution in [0.1, 0.15) is 5.69 Å². The van der Waals surface area contributed by atoms with E-state index in [9.17, 15) is 8.42 Å². The minimum atomic E-state index is -3.62. The van der Waals surface area contributed by atoms with E-state index in [4.69, 9.17) is 11.6 Å². The van der Waals surface area contributed by atoms with Gasteiger partial charge in [0.25, 0.3) is 10.0 Å². The average Bonchev–Trinajstić information content (AvgIpc) is 2.76. The van der Waals surface area contributed by atoms with Crippen molar-refractivity contribution in [3.63, 3.8) is 0 Å². The number of nitrogens with one attached hydrogen (secondary N) is 2. The highest BCUT2D eigenvalue weighted by Crippen LogP contribution is 2.25. The molecule has 0 radical (unpaired) electrons. The van der Waals surface area contributed by atoms with Crippen molar-refractivity contribution >= 4 is 49.9 Å². The van der Waals surface area contributed by atoms with E-state index in [-0.39, 0.29) is 4.90 Å². The van der Waals surface area contributed by atoms with Gasteiger partial charge in [0, 0.05) is 34.1 Å². The molecule has 0 aliphatic heterocycles. The Labute approximate surface area is 142 Å². The van der Waals surface area contributed by atoms with Crippen molar-refractivity contribution in [2.45, 2.75) is 11.4 Å². The molecule has 1 aromatic heterocycles. The third kappa shape index (κ3) is 3.91. The largest absolute Gasteiger partial charge is 0.352 e. The summed E-state index contributed by atoms with van der Waals surface area (Å²) in [5.74, 6) is 0. The lowest BCUT2D eigenvalue weighted by Crippen LogP contribution is -2.13. The predicted octanol–water partition coefficient (Wildman–Crippen LogP) is 2.80. The summed E-state index contributed by atoms with van der Waals surface area (Å²) in [5.41, 5.74) is 1.41. The predicted molar refractivity (Wildman–Crippen MR) is 93.2 cm³/mol. The molecule has 0 saturated heterocycles. The lowest BCUT2D eigenvalue weighted by molar-refractivity contribution is 0.601. The van der Waals surface area contributed by atoms with Crippen molar-refractivity contribution in [2.75, 3.05) is 11.8 Å². The molecule has 0 aliphatic carbocycles. The molecule has 1 heterocycles. The number of halogens is 2. The number of aryl methyl sites for hydroxylation is 1. The number of anilines is 1. The van der Waals surface area contributed by atoms with Gasteiger partial charge < -0.3 is 9.88 Å². The Balaban J connectivity index is 2.32. The highest BCUT2D eigenvalue weighted by atomic mass is 127. The molecule has 2 aromatic rings. The normalized spacial score (nSPS) is 11.6. The van der Waals surface area contributed by atoms with Crippen molar-refractivity contribution < 1.29 is 8.42 Å². The van der Waals surface area contributed by atoms with Crippen molar-refractivity contribution in [3.8, 4) is 0 Å². The Morgan fingerprint density at radius 1 is 1.33 bits per heavy atom. The third-order valence-corrected chi connectivity index (χ3v) is 5.39. The Morgan fingerprint density at radius 3 is 2.67 bits per heavy atom. The molecule has 0 amide bonds. The van der Waals surface area contributed by atoms with E-state index in [1.54, 1.807) is 35.0 Å². The molecule has 0 atom stereocenters. The zero-order valence-corrected chi connectivity index (χ0v) is 15.3. The van der Waals surface area contributed by atoms with Crippen LogP contribution in [-0.4, -0.2) is 20.0 Å². The molecule has 0 saturated carbocycles. The number of hydrogen-bond acceptors (Lipinski definition) is 3. The molecule has 8 heteroatoms. The van der Waals surface area contributed by atoms with Crippen molar-refractivity contribution in [2.24, 2.45) is 7.05 Å². The molecule has 0 unspecified atom stereocenters. The van der Waals surface area contributed by atoms with Crippen molar-refractivity contribution in [3.05, 3.63) is 44.7 Å². The van der Waals surface area contributed by atoms with Gasteiger partial charge in [0.2, 0.25) is 0 Å². The highest BCUT2D eigenvalue weighted by molar-refractivity contribution is 14.1. The molecule has 0 spiro atoms. The Hall–Kier alpha value is -0.770. The van der Waals surface area contributed by atoms with Crippen LogP contribution in [0.3, 0.4) is 0 Å². The minimum absolute atomic E-state index is 0.237. The van der Waals surface area contributed by atoms with Gasteiger partial charge in [0.05, 0.1) is 5.69 Å². The molecule has 0 bridgehead atoms. The van der Waals surface area contributed by atoms with E-state index >= 15 is 0 Å². The van der Waals surface area contributed by atoms with E-state index < -0.39 is 10.0 Å². The van der Waals surface area contributed by atoms with Gasteiger partial charge in [0.1, 0.15) is 4.90 Å². The zero-order valence-electron chi connectivity index (χ0n) is 11.5. The summed E-state index contributed by atoms with van der Waals surface area (Å²) in [4.78, 5) is 0.237. The summed E-state index contributed by atoms with van der Waals surface area (Å²) in [5, 5.41) is 3.57. The second kappa shape index (κ2) is 6.55. The fourth-order valence-electron chi connectivity index (χ4n) is 1.86. The molecule has 114 valence electrons. The van der Waals surface area contributed by atoms with Gasteiger partial charge in [-0.1, -0.05) is 11.6 Å². The Kier molecular flexibility index (Phi) is 5.18. The van der Waals surface area contributed by atoms with Crippen LogP contribution in [-0.2, 0) is 23.6 Å². The lowest BCUT2D eigenvalue weighted by Gasteiger charge is -2.08. The van der Waals surface area contributed by atoms with Crippen LogP contribution in [0.2, 0.25) is 5.02 Å². The Morgan fingerprint density at radius 2 is 2.05 bits per heavy atom. The fourth-order valence-corrected chi connectivity index (χ4v) is 4.22. The number of rotatable bonds is 5. The molecule has 2 rings (SSSR count). The second-order valence-electron chi connectivity index (χ2n) is 4.54. The summed E-state index contributed by atoms with van der Waals surface area (Å²) in [6, 6.07) is 6.66. The number of benzene rings is 1. The van der Waals surface area contributed by atoms with Crippen LogP contribution in [0, 0.1) is 3.57 Å². The molecule has 0 aliphatic rings. The first-order chi connectivity index (χ1) is 9.83. The second-order valence-corrected chi connectivity index (χ2v) is 7.82. The molecular formula is C13H15ClIN3O2S. The molecule has 5 nitrogen and oxygen atoms in total. The van der Waals surface area contributed by atoms with Crippen LogP contribution in [0.15, 0.2) is 35.4 Å². The minimum Gasteiger partial charge on any atom is -0.352 e. The SMILES string of the molecule is CNCc1cc(S(=O)(=O)Nc2ccc(Cl)cc2I)cn1C. The number of aromatic nitrogens is 1. The van der Waals surface area contributed by atoms with Gasteiger partial charge in [0.15, 0.2) is 0 Å². The summed E-state index contributed by atoms with van der Waals surface area (Å²) >= 11 is 7.92. The van der Waals surface area contributed by atoms with Gasteiger partial charge in [-0.15, -0.1) is 0 Å². The topological polar surface area (TPSA) is 63.1 Å². The first kappa shape index (κ1) is 16.6. The zero-order chi connectivity index (χ0) is 15.6. The van der Waals surface area contributed by atoms with Crippen molar-refractivity contribution in [1.82, 2.24) is 9.88 Å². The fraction of sp³-hybridized carbons (Fsp3) is 0.231. The third-order valence-electron chi connectivity index (χ3n) is 2.93. The first-order valence-electron chi connectivity index (χ1n) is 6.11. The van der Waals surface area contributed by atoms with E-state index in [0.717, 1.165) is 9.26 Å². The molecule has 1 aromatic carbocycles. The van der Waals surface area contributed by atoms with Crippen LogP contribution in [0.5, 0.6) is 0 Å². The molecule has 0 fully saturated rings. The van der Waals surface area contributed by atoms with Gasteiger partial charge in [-0.3, -0.25) is 4.72 Å². The highest BCUT2D eigenvalue weighted by Gasteiger charge is 2.18. The quantitative estimate of drug-likeness (QED) is 0.704. The maximum atomic E-state index is 12.4. The average molecular weight is 440 g/mol. The van der Waals surface area contributed by atoms with Crippen LogP contribution < -0.4 is 10.0 Å².